The summed E-state index contributed by atoms with van der Waals surface area (Å²) in [6.07, 6.45) is 5.27. The maximum absolute atomic E-state index is 10.7. The minimum Gasteiger partial charge on any atom is -0.392 e. The summed E-state index contributed by atoms with van der Waals surface area (Å²) in [6, 6.07) is 0. The minimum atomic E-state index is -0.0192. The second-order valence-electron chi connectivity index (χ2n) is 7.67. The first-order chi connectivity index (χ1) is 7.38. The molecule has 1 N–H and O–H groups in total. The average molecular weight is 222 g/mol. The van der Waals surface area contributed by atoms with E-state index in [0.29, 0.717) is 11.3 Å². The molecule has 0 radical (unpaired) electrons. The topological polar surface area (TPSA) is 20.2 Å². The lowest BCUT2D eigenvalue weighted by molar-refractivity contribution is -0.171. The Morgan fingerprint density at radius 3 is 2.50 bits per heavy atom. The number of rotatable bonds is 1. The second-order valence-corrected chi connectivity index (χ2v) is 7.67. The largest absolute Gasteiger partial charge is 0.392 e. The molecule has 16 heavy (non-hydrogen) atoms. The number of aliphatic hydroxyl groups is 1. The summed E-state index contributed by atoms with van der Waals surface area (Å²) in [5, 5.41) is 10.7. The summed E-state index contributed by atoms with van der Waals surface area (Å²) < 4.78 is 0. The zero-order valence-electron chi connectivity index (χ0n) is 11.2. The molecule has 0 unspecified atom stereocenters. The van der Waals surface area contributed by atoms with Crippen molar-refractivity contribution in [3.05, 3.63) is 0 Å². The molecule has 0 aromatic heterocycles. The highest BCUT2D eigenvalue weighted by Crippen LogP contribution is 2.70. The normalized spacial score (nSPS) is 59.6. The van der Waals surface area contributed by atoms with Crippen LogP contribution in [0.15, 0.2) is 0 Å². The van der Waals surface area contributed by atoms with Gasteiger partial charge in [0, 0.05) is 0 Å². The molecule has 0 aromatic rings. The molecule has 6 atom stereocenters. The van der Waals surface area contributed by atoms with Gasteiger partial charge in [0.1, 0.15) is 0 Å². The van der Waals surface area contributed by atoms with E-state index in [1.165, 1.54) is 25.7 Å². The maximum Gasteiger partial charge on any atom is 0.0627 e. The van der Waals surface area contributed by atoms with Crippen LogP contribution in [0.2, 0.25) is 0 Å². The van der Waals surface area contributed by atoms with Gasteiger partial charge in [-0.25, -0.2) is 0 Å². The summed E-state index contributed by atoms with van der Waals surface area (Å²) >= 11 is 0. The van der Waals surface area contributed by atoms with Crippen molar-refractivity contribution in [1.82, 2.24) is 0 Å². The lowest BCUT2D eigenvalue weighted by Crippen LogP contribution is -2.58. The van der Waals surface area contributed by atoms with E-state index >= 15 is 0 Å². The standard InChI is InChI=1S/C15H26O/c1-9(2)10-7-12-14(3)5-6-15(12,4)13(16)11(10)8-14/h9-13,16H,5-8H2,1-4H3/t10-,11+,12-,13-,14-,15-/m0/s1. The Morgan fingerprint density at radius 2 is 1.88 bits per heavy atom. The van der Waals surface area contributed by atoms with Gasteiger partial charge in [0.05, 0.1) is 6.10 Å². The molecule has 4 aliphatic carbocycles. The van der Waals surface area contributed by atoms with Crippen molar-refractivity contribution < 1.29 is 5.11 Å². The van der Waals surface area contributed by atoms with Gasteiger partial charge in [0.15, 0.2) is 0 Å². The molecule has 0 heterocycles. The minimum absolute atomic E-state index is 0.0192. The molecule has 4 saturated carbocycles. The Hall–Kier alpha value is -0.0400. The lowest BCUT2D eigenvalue weighted by Gasteiger charge is -2.60. The van der Waals surface area contributed by atoms with Crippen LogP contribution in [0.5, 0.6) is 0 Å². The first-order valence-electron chi connectivity index (χ1n) is 7.06. The van der Waals surface area contributed by atoms with Gasteiger partial charge < -0.3 is 5.11 Å². The predicted octanol–water partition coefficient (Wildman–Crippen LogP) is 3.47. The molecular formula is C15H26O. The number of aliphatic hydroxyl groups excluding tert-OH is 1. The first kappa shape index (κ1) is 11.1. The van der Waals surface area contributed by atoms with E-state index in [2.05, 4.69) is 27.7 Å². The van der Waals surface area contributed by atoms with Gasteiger partial charge in [-0.3, -0.25) is 0 Å². The Morgan fingerprint density at radius 1 is 1.19 bits per heavy atom. The smallest absolute Gasteiger partial charge is 0.0627 e. The third-order valence-corrected chi connectivity index (χ3v) is 6.57. The molecule has 4 rings (SSSR count). The Balaban J connectivity index is 1.99. The molecule has 0 amide bonds. The molecule has 0 aliphatic heterocycles. The molecule has 1 heteroatoms. The van der Waals surface area contributed by atoms with Crippen molar-refractivity contribution >= 4 is 0 Å². The summed E-state index contributed by atoms with van der Waals surface area (Å²) in [7, 11) is 0. The van der Waals surface area contributed by atoms with E-state index in [1.807, 2.05) is 0 Å². The highest BCUT2D eigenvalue weighted by molar-refractivity contribution is 5.15. The third-order valence-electron chi connectivity index (χ3n) is 6.57. The molecule has 4 bridgehead atoms. The first-order valence-corrected chi connectivity index (χ1v) is 7.06. The van der Waals surface area contributed by atoms with E-state index in [0.717, 1.165) is 17.8 Å². The van der Waals surface area contributed by atoms with E-state index in [4.69, 9.17) is 0 Å². The zero-order chi connectivity index (χ0) is 11.7. The van der Waals surface area contributed by atoms with E-state index in [9.17, 15) is 5.11 Å². The van der Waals surface area contributed by atoms with Crippen molar-refractivity contribution in [3.8, 4) is 0 Å². The molecule has 4 aliphatic rings. The maximum atomic E-state index is 10.7. The molecule has 0 saturated heterocycles. The van der Waals surface area contributed by atoms with Gasteiger partial charge in [0.25, 0.3) is 0 Å². The quantitative estimate of drug-likeness (QED) is 0.720. The van der Waals surface area contributed by atoms with Gasteiger partial charge in [-0.2, -0.15) is 0 Å². The van der Waals surface area contributed by atoms with Crippen molar-refractivity contribution in [2.45, 2.75) is 59.5 Å². The molecule has 0 spiro atoms. The monoisotopic (exact) mass is 222 g/mol. The summed E-state index contributed by atoms with van der Waals surface area (Å²) in [5.41, 5.74) is 0.813. The van der Waals surface area contributed by atoms with Crippen LogP contribution in [-0.4, -0.2) is 11.2 Å². The van der Waals surface area contributed by atoms with Crippen LogP contribution in [0.4, 0.5) is 0 Å². The van der Waals surface area contributed by atoms with Crippen molar-refractivity contribution in [2.75, 3.05) is 0 Å². The number of fused-ring (bicyclic) bond motifs is 1. The van der Waals surface area contributed by atoms with Crippen LogP contribution < -0.4 is 0 Å². The van der Waals surface area contributed by atoms with Crippen LogP contribution in [0.25, 0.3) is 0 Å². The lowest BCUT2D eigenvalue weighted by atomic mass is 9.46. The summed E-state index contributed by atoms with van der Waals surface area (Å²) in [5.74, 6) is 2.89. The average Bonchev–Trinajstić information content (AvgIpc) is 2.44. The second kappa shape index (κ2) is 3.04. The Kier molecular flexibility index (Phi) is 2.11. The summed E-state index contributed by atoms with van der Waals surface area (Å²) in [4.78, 5) is 0. The molecule has 4 fully saturated rings. The van der Waals surface area contributed by atoms with Crippen LogP contribution in [-0.2, 0) is 0 Å². The van der Waals surface area contributed by atoms with E-state index in [-0.39, 0.29) is 11.5 Å². The summed E-state index contributed by atoms with van der Waals surface area (Å²) in [6.45, 7) is 9.52. The molecule has 0 aromatic carbocycles. The van der Waals surface area contributed by atoms with Crippen molar-refractivity contribution in [2.24, 2.45) is 34.5 Å². The van der Waals surface area contributed by atoms with Crippen LogP contribution >= 0.6 is 0 Å². The van der Waals surface area contributed by atoms with Crippen molar-refractivity contribution in [3.63, 3.8) is 0 Å². The van der Waals surface area contributed by atoms with Gasteiger partial charge in [-0.1, -0.05) is 27.7 Å². The molecule has 1 nitrogen and oxygen atoms in total. The number of hydrogen-bond donors (Lipinski definition) is 1. The fourth-order valence-electron chi connectivity index (χ4n) is 5.59. The Bertz CT molecular complexity index is 311. The van der Waals surface area contributed by atoms with Gasteiger partial charge in [-0.15, -0.1) is 0 Å². The van der Waals surface area contributed by atoms with Crippen molar-refractivity contribution in [1.29, 1.82) is 0 Å². The van der Waals surface area contributed by atoms with E-state index in [1.54, 1.807) is 0 Å². The van der Waals surface area contributed by atoms with E-state index < -0.39 is 0 Å². The number of hydrogen-bond acceptors (Lipinski definition) is 1. The third kappa shape index (κ3) is 1.11. The fourth-order valence-corrected chi connectivity index (χ4v) is 5.59. The van der Waals surface area contributed by atoms with Crippen LogP contribution in [0, 0.1) is 34.5 Å². The molecule has 92 valence electrons. The molecular weight excluding hydrogens is 196 g/mol. The highest BCUT2D eigenvalue weighted by Gasteiger charge is 2.66. The van der Waals surface area contributed by atoms with Crippen LogP contribution in [0.3, 0.4) is 0 Å². The Labute approximate surface area is 99.6 Å². The fraction of sp³-hybridized carbons (Fsp3) is 1.00. The SMILES string of the molecule is CC(C)[C@@H]1C[C@H]2[C@@]3(C)CC[C@]2(C)[C@@H](O)[C@@H]1C3. The zero-order valence-corrected chi connectivity index (χ0v) is 11.2. The van der Waals surface area contributed by atoms with Gasteiger partial charge in [0.2, 0.25) is 0 Å². The van der Waals surface area contributed by atoms with Gasteiger partial charge in [-0.05, 0) is 60.2 Å². The van der Waals surface area contributed by atoms with Crippen LogP contribution in [0.1, 0.15) is 53.4 Å². The van der Waals surface area contributed by atoms with Gasteiger partial charge >= 0.3 is 0 Å². The highest BCUT2D eigenvalue weighted by atomic mass is 16.3. The predicted molar refractivity (Wildman–Crippen MR) is 66.0 cm³/mol.